The number of methoxy groups -OCH3 is 1. The molecule has 2 saturated carbocycles. The minimum atomic E-state index is -0.779. The zero-order valence-corrected chi connectivity index (χ0v) is 19.0. The van der Waals surface area contributed by atoms with E-state index in [9.17, 15) is 4.79 Å². The number of thiocarbonyl (C=S) groups is 1. The summed E-state index contributed by atoms with van der Waals surface area (Å²) in [6, 6.07) is 0. The average molecular weight is 417 g/mol. The number of rotatable bonds is 9. The van der Waals surface area contributed by atoms with Crippen molar-refractivity contribution in [3.63, 3.8) is 0 Å². The molecule has 0 heterocycles. The lowest BCUT2D eigenvalue weighted by Crippen LogP contribution is -2.65. The van der Waals surface area contributed by atoms with Crippen molar-refractivity contribution in [2.45, 2.75) is 76.4 Å². The van der Waals surface area contributed by atoms with E-state index in [0.717, 1.165) is 50.0 Å². The van der Waals surface area contributed by atoms with Gasteiger partial charge in [-0.05, 0) is 76.0 Å². The molecule has 3 aliphatic rings. The van der Waals surface area contributed by atoms with Crippen molar-refractivity contribution in [1.29, 1.82) is 0 Å². The van der Waals surface area contributed by atoms with Gasteiger partial charge in [0.05, 0.1) is 11.6 Å². The normalized spacial score (nSPS) is 32.5. The number of amides is 1. The lowest BCUT2D eigenvalue weighted by Gasteiger charge is -2.49. The molecule has 3 rings (SSSR count). The van der Waals surface area contributed by atoms with Crippen molar-refractivity contribution in [1.82, 2.24) is 10.6 Å². The number of ether oxygens (including phenoxy) is 1. The van der Waals surface area contributed by atoms with Gasteiger partial charge in [0.25, 0.3) is 0 Å². The number of hydrogen-bond donors (Lipinski definition) is 2. The Labute approximate surface area is 181 Å². The van der Waals surface area contributed by atoms with Crippen LogP contribution in [0, 0.1) is 11.3 Å². The second-order valence-corrected chi connectivity index (χ2v) is 9.32. The van der Waals surface area contributed by atoms with Crippen LogP contribution in [-0.2, 0) is 9.53 Å². The molecule has 0 saturated heterocycles. The predicted octanol–water partition coefficient (Wildman–Crippen LogP) is 4.62. The van der Waals surface area contributed by atoms with Crippen LogP contribution in [-0.4, -0.2) is 37.2 Å². The molecule has 1 amide bonds. The summed E-state index contributed by atoms with van der Waals surface area (Å²) in [5, 5.41) is 6.33. The minimum Gasteiger partial charge on any atom is -0.381 e. The standard InChI is InChI=1S/C24H36N2O2S/c1-5-18(6-7-19-8-9-19)14-21-17(2)15-23(12-10-20(28-4)11-13-23)24(21,25-3)22(27)26-16-29/h5,14,16,19-20,25H,1,6-13,15H2,2-4H3,(H,26,27,29)/b18-14+. The molecule has 1 unspecified atom stereocenters. The first kappa shape index (κ1) is 22.4. The first-order valence-corrected chi connectivity index (χ1v) is 11.4. The summed E-state index contributed by atoms with van der Waals surface area (Å²) >= 11 is 4.99. The summed E-state index contributed by atoms with van der Waals surface area (Å²) in [6.45, 7) is 6.24. The quantitative estimate of drug-likeness (QED) is 0.425. The summed E-state index contributed by atoms with van der Waals surface area (Å²) < 4.78 is 5.62. The molecule has 0 radical (unpaired) electrons. The highest BCUT2D eigenvalue weighted by Crippen LogP contribution is 2.58. The Morgan fingerprint density at radius 3 is 2.52 bits per heavy atom. The van der Waals surface area contributed by atoms with E-state index in [0.29, 0.717) is 0 Å². The van der Waals surface area contributed by atoms with Crippen molar-refractivity contribution in [2.75, 3.05) is 14.2 Å². The van der Waals surface area contributed by atoms with Gasteiger partial charge in [-0.15, -0.1) is 0 Å². The van der Waals surface area contributed by atoms with Crippen molar-refractivity contribution < 1.29 is 9.53 Å². The molecule has 4 nitrogen and oxygen atoms in total. The van der Waals surface area contributed by atoms with Gasteiger partial charge in [0.1, 0.15) is 5.54 Å². The Bertz CT molecular complexity index is 714. The topological polar surface area (TPSA) is 50.4 Å². The molecule has 29 heavy (non-hydrogen) atoms. The second kappa shape index (κ2) is 9.23. The Morgan fingerprint density at radius 1 is 1.31 bits per heavy atom. The molecule has 2 N–H and O–H groups in total. The van der Waals surface area contributed by atoms with Crippen LogP contribution in [0.5, 0.6) is 0 Å². The molecule has 3 aliphatic carbocycles. The van der Waals surface area contributed by atoms with Crippen LogP contribution in [0.25, 0.3) is 0 Å². The largest absolute Gasteiger partial charge is 0.381 e. The molecule has 0 aliphatic heterocycles. The third-order valence-electron chi connectivity index (χ3n) is 7.52. The van der Waals surface area contributed by atoms with Gasteiger partial charge in [-0.3, -0.25) is 4.79 Å². The molecule has 5 heteroatoms. The van der Waals surface area contributed by atoms with Crippen LogP contribution in [0.15, 0.2) is 35.5 Å². The number of likely N-dealkylation sites (N-methyl/N-ethyl adjacent to an activating group) is 1. The van der Waals surface area contributed by atoms with Crippen molar-refractivity contribution in [3.8, 4) is 0 Å². The fraction of sp³-hybridized carbons (Fsp3) is 0.667. The summed E-state index contributed by atoms with van der Waals surface area (Å²) in [7, 11) is 3.70. The van der Waals surface area contributed by atoms with Gasteiger partial charge >= 0.3 is 0 Å². The van der Waals surface area contributed by atoms with Gasteiger partial charge < -0.3 is 15.4 Å². The lowest BCUT2D eigenvalue weighted by molar-refractivity contribution is -0.131. The van der Waals surface area contributed by atoms with E-state index >= 15 is 0 Å². The molecule has 1 atom stereocenters. The van der Waals surface area contributed by atoms with Gasteiger partial charge in [-0.1, -0.05) is 49.4 Å². The van der Waals surface area contributed by atoms with Crippen molar-refractivity contribution in [3.05, 3.63) is 35.5 Å². The molecule has 160 valence electrons. The summed E-state index contributed by atoms with van der Waals surface area (Å²) in [5.74, 6) is 0.833. The maximum absolute atomic E-state index is 13.5. The number of carbonyl (C=O) groups is 1. The van der Waals surface area contributed by atoms with Crippen molar-refractivity contribution in [2.24, 2.45) is 11.3 Å². The van der Waals surface area contributed by atoms with E-state index in [4.69, 9.17) is 17.0 Å². The predicted molar refractivity (Wildman–Crippen MR) is 123 cm³/mol. The fourth-order valence-corrected chi connectivity index (χ4v) is 5.85. The Hall–Kier alpha value is -1.30. The smallest absolute Gasteiger partial charge is 0.250 e. The zero-order chi connectivity index (χ0) is 21.1. The minimum absolute atomic E-state index is 0.0421. The summed E-state index contributed by atoms with van der Waals surface area (Å²) in [6.07, 6.45) is 14.2. The molecule has 1 spiro atoms. The highest BCUT2D eigenvalue weighted by atomic mass is 32.1. The molecule has 0 aromatic heterocycles. The number of carbonyl (C=O) groups excluding carboxylic acids is 1. The number of hydrogen-bond acceptors (Lipinski definition) is 4. The first-order valence-electron chi connectivity index (χ1n) is 11.0. The van der Waals surface area contributed by atoms with E-state index in [-0.39, 0.29) is 17.4 Å². The maximum atomic E-state index is 13.5. The van der Waals surface area contributed by atoms with Gasteiger partial charge in [0, 0.05) is 12.5 Å². The molecule has 0 aromatic carbocycles. The highest BCUT2D eigenvalue weighted by Gasteiger charge is 2.61. The fourth-order valence-electron chi connectivity index (χ4n) is 5.74. The monoisotopic (exact) mass is 416 g/mol. The maximum Gasteiger partial charge on any atom is 0.250 e. The average Bonchev–Trinajstić information content (AvgIpc) is 3.52. The second-order valence-electron chi connectivity index (χ2n) is 9.08. The molecule has 0 aromatic rings. The number of allylic oxidation sites excluding steroid dienone is 3. The van der Waals surface area contributed by atoms with Gasteiger partial charge in [0.15, 0.2) is 0 Å². The van der Waals surface area contributed by atoms with E-state index in [1.54, 1.807) is 7.11 Å². The van der Waals surface area contributed by atoms with E-state index in [1.165, 1.54) is 35.9 Å². The lowest BCUT2D eigenvalue weighted by atomic mass is 9.60. The molecular weight excluding hydrogens is 380 g/mol. The third kappa shape index (κ3) is 4.14. The molecule has 0 bridgehead atoms. The van der Waals surface area contributed by atoms with Gasteiger partial charge in [-0.25, -0.2) is 0 Å². The zero-order valence-electron chi connectivity index (χ0n) is 18.2. The van der Waals surface area contributed by atoms with E-state index in [1.807, 2.05) is 13.1 Å². The number of nitrogens with one attached hydrogen (secondary N) is 2. The van der Waals surface area contributed by atoms with E-state index in [2.05, 4.69) is 30.2 Å². The van der Waals surface area contributed by atoms with Gasteiger partial charge in [0.2, 0.25) is 5.91 Å². The third-order valence-corrected chi connectivity index (χ3v) is 7.64. The van der Waals surface area contributed by atoms with Crippen LogP contribution in [0.4, 0.5) is 0 Å². The van der Waals surface area contributed by atoms with Crippen LogP contribution in [0.1, 0.15) is 64.7 Å². The molecular formula is C24H36N2O2S. The van der Waals surface area contributed by atoms with Crippen LogP contribution < -0.4 is 10.6 Å². The Balaban J connectivity index is 2.00. The van der Waals surface area contributed by atoms with Gasteiger partial charge in [-0.2, -0.15) is 0 Å². The van der Waals surface area contributed by atoms with Crippen LogP contribution in [0.2, 0.25) is 0 Å². The Morgan fingerprint density at radius 2 is 2.00 bits per heavy atom. The van der Waals surface area contributed by atoms with Crippen molar-refractivity contribution >= 4 is 23.6 Å². The SMILES string of the molecule is C=C/C(=C\C1=C(C)CC2(CCC(OC)CC2)C1(NC)C(=O)NC=S)CCC1CC1. The molecule has 2 fully saturated rings. The first-order chi connectivity index (χ1) is 14.0. The summed E-state index contributed by atoms with van der Waals surface area (Å²) in [5.41, 5.74) is 4.03. The Kier molecular flexibility index (Phi) is 7.13. The van der Waals surface area contributed by atoms with Crippen LogP contribution >= 0.6 is 12.2 Å². The summed E-state index contributed by atoms with van der Waals surface area (Å²) in [4.78, 5) is 13.5. The highest BCUT2D eigenvalue weighted by molar-refractivity contribution is 7.78. The van der Waals surface area contributed by atoms with Crippen LogP contribution in [0.3, 0.4) is 0 Å². The van der Waals surface area contributed by atoms with E-state index < -0.39 is 5.54 Å².